The number of phosphoric acid groups is 2. The first kappa shape index (κ1) is 82.1. The molecule has 84 heavy (non-hydrogen) atoms. The van der Waals surface area contributed by atoms with Gasteiger partial charge in [-0.2, -0.15) is 0 Å². The Bertz CT molecular complexity index is 1650. The maximum absolute atomic E-state index is 13.0. The van der Waals surface area contributed by atoms with E-state index < -0.39 is 97.5 Å². The molecule has 0 radical (unpaired) electrons. The third-order valence-electron chi connectivity index (χ3n) is 15.3. The molecule has 0 heterocycles. The number of phosphoric ester groups is 2. The molecule has 0 fully saturated rings. The summed E-state index contributed by atoms with van der Waals surface area (Å²) in [6.45, 7) is 9.43. The summed E-state index contributed by atoms with van der Waals surface area (Å²) in [6, 6.07) is 0. The summed E-state index contributed by atoms with van der Waals surface area (Å²) in [4.78, 5) is 72.3. The van der Waals surface area contributed by atoms with Crippen molar-refractivity contribution in [1.82, 2.24) is 0 Å². The van der Waals surface area contributed by atoms with Crippen molar-refractivity contribution < 1.29 is 80.2 Å². The van der Waals surface area contributed by atoms with Crippen LogP contribution in [0.25, 0.3) is 0 Å². The van der Waals surface area contributed by atoms with Crippen LogP contribution in [0.15, 0.2) is 0 Å². The standard InChI is InChI=1S/C65H126O17P2/c1-7-10-12-14-16-18-20-22-24-30-38-44-50-65(70)81-60(53-75-62(67)47-41-35-28-26-25-27-33-39-45-57(4)5)55-79-83(71,72)77-51-59(66)52-78-84(73,74)80-56-61(54-76-63(68)48-42-36-32-31-34-40-46-58(6)9-3)82-64(69)49-43-37-29-23-21-19-17-15-13-11-8-2/h57-61,66H,7-56H2,1-6H3,(H,71,72)(H,73,74)/t58?,59-,60-,61-/m1/s1. The number of unbranched alkanes of at least 4 members (excludes halogenated alkanes) is 33. The normalized spacial score (nSPS) is 14.6. The van der Waals surface area contributed by atoms with Crippen LogP contribution >= 0.6 is 15.6 Å². The van der Waals surface area contributed by atoms with E-state index in [2.05, 4.69) is 41.5 Å². The van der Waals surface area contributed by atoms with Crippen molar-refractivity contribution in [2.75, 3.05) is 39.6 Å². The molecule has 0 saturated carbocycles. The van der Waals surface area contributed by atoms with Gasteiger partial charge in [0, 0.05) is 25.7 Å². The lowest BCUT2D eigenvalue weighted by Crippen LogP contribution is -2.30. The third-order valence-corrected chi connectivity index (χ3v) is 17.2. The second-order valence-corrected chi connectivity index (χ2v) is 27.1. The molecule has 0 saturated heterocycles. The predicted octanol–water partition coefficient (Wildman–Crippen LogP) is 18.0. The fraction of sp³-hybridized carbons (Fsp3) is 0.938. The SMILES string of the molecule is CCCCCCCCCCCCCCC(=O)O[C@H](COC(=O)CCCCCCCCCCC(C)C)COP(=O)(O)OC[C@@H](O)COP(=O)(O)OC[C@@H](COC(=O)CCCCCCCCC(C)CC)OC(=O)CCCCCCCCCCCCC. The maximum Gasteiger partial charge on any atom is 0.472 e. The summed E-state index contributed by atoms with van der Waals surface area (Å²) in [6.07, 6.45) is 40.2. The van der Waals surface area contributed by atoms with Gasteiger partial charge in [-0.1, -0.05) is 273 Å². The smallest absolute Gasteiger partial charge is 0.462 e. The Labute approximate surface area is 511 Å². The molecule has 498 valence electrons. The average molecular weight is 1240 g/mol. The van der Waals surface area contributed by atoms with Crippen molar-refractivity contribution in [3.05, 3.63) is 0 Å². The third kappa shape index (κ3) is 57.8. The molecule has 0 aliphatic carbocycles. The first-order valence-electron chi connectivity index (χ1n) is 34.0. The van der Waals surface area contributed by atoms with E-state index >= 15 is 0 Å². The lowest BCUT2D eigenvalue weighted by Gasteiger charge is -2.21. The Morgan fingerprint density at radius 1 is 0.345 bits per heavy atom. The largest absolute Gasteiger partial charge is 0.472 e. The summed E-state index contributed by atoms with van der Waals surface area (Å²) in [7, 11) is -9.89. The van der Waals surface area contributed by atoms with Gasteiger partial charge in [-0.05, 0) is 37.5 Å². The summed E-state index contributed by atoms with van der Waals surface area (Å²) in [5.41, 5.74) is 0. The van der Waals surface area contributed by atoms with Gasteiger partial charge in [0.2, 0.25) is 0 Å². The average Bonchev–Trinajstić information content (AvgIpc) is 3.60. The fourth-order valence-corrected chi connectivity index (χ4v) is 11.3. The highest BCUT2D eigenvalue weighted by molar-refractivity contribution is 7.47. The van der Waals surface area contributed by atoms with Gasteiger partial charge in [-0.3, -0.25) is 37.3 Å². The van der Waals surface area contributed by atoms with Crippen LogP contribution in [0.4, 0.5) is 0 Å². The van der Waals surface area contributed by atoms with E-state index in [4.69, 9.17) is 37.0 Å². The number of hydrogen-bond acceptors (Lipinski definition) is 15. The van der Waals surface area contributed by atoms with Gasteiger partial charge in [-0.15, -0.1) is 0 Å². The molecule has 0 aromatic carbocycles. The topological polar surface area (TPSA) is 237 Å². The van der Waals surface area contributed by atoms with Crippen LogP contribution < -0.4 is 0 Å². The number of carbonyl (C=O) groups is 4. The highest BCUT2D eigenvalue weighted by Crippen LogP contribution is 2.45. The predicted molar refractivity (Wildman–Crippen MR) is 335 cm³/mol. The minimum atomic E-state index is -4.94. The number of rotatable bonds is 64. The van der Waals surface area contributed by atoms with Crippen molar-refractivity contribution >= 4 is 39.5 Å². The molecule has 0 aliphatic heterocycles. The monoisotopic (exact) mass is 1240 g/mol. The second kappa shape index (κ2) is 57.5. The molecule has 0 rings (SSSR count). The van der Waals surface area contributed by atoms with Gasteiger partial charge in [-0.25, -0.2) is 9.13 Å². The van der Waals surface area contributed by atoms with Crippen molar-refractivity contribution in [1.29, 1.82) is 0 Å². The lowest BCUT2D eigenvalue weighted by molar-refractivity contribution is -0.161. The Hall–Kier alpha value is -1.94. The number of aliphatic hydroxyl groups excluding tert-OH is 1. The number of ether oxygens (including phenoxy) is 4. The highest BCUT2D eigenvalue weighted by atomic mass is 31.2. The lowest BCUT2D eigenvalue weighted by atomic mass is 10.00. The van der Waals surface area contributed by atoms with Crippen LogP contribution in [0.2, 0.25) is 0 Å². The molecule has 0 amide bonds. The zero-order valence-electron chi connectivity index (χ0n) is 54.2. The van der Waals surface area contributed by atoms with E-state index in [9.17, 15) is 43.2 Å². The van der Waals surface area contributed by atoms with Crippen LogP contribution in [-0.4, -0.2) is 96.7 Å². The van der Waals surface area contributed by atoms with E-state index in [-0.39, 0.29) is 25.7 Å². The number of esters is 4. The van der Waals surface area contributed by atoms with Gasteiger partial charge in [0.15, 0.2) is 12.2 Å². The molecule has 17 nitrogen and oxygen atoms in total. The van der Waals surface area contributed by atoms with E-state index in [1.165, 1.54) is 135 Å². The molecule has 0 aromatic rings. The molecular formula is C65H126O17P2. The molecule has 3 unspecified atom stereocenters. The molecule has 6 atom stereocenters. The van der Waals surface area contributed by atoms with Gasteiger partial charge >= 0.3 is 39.5 Å². The van der Waals surface area contributed by atoms with Gasteiger partial charge in [0.05, 0.1) is 26.4 Å². The zero-order chi connectivity index (χ0) is 62.2. The van der Waals surface area contributed by atoms with Crippen LogP contribution in [0.5, 0.6) is 0 Å². The zero-order valence-corrected chi connectivity index (χ0v) is 56.0. The first-order chi connectivity index (χ1) is 40.4. The molecule has 3 N–H and O–H groups in total. The van der Waals surface area contributed by atoms with E-state index in [1.54, 1.807) is 0 Å². The Morgan fingerprint density at radius 3 is 0.905 bits per heavy atom. The number of hydrogen-bond donors (Lipinski definition) is 3. The molecule has 19 heteroatoms. The van der Waals surface area contributed by atoms with E-state index in [0.29, 0.717) is 25.7 Å². The van der Waals surface area contributed by atoms with Crippen molar-refractivity contribution in [3.63, 3.8) is 0 Å². The summed E-state index contributed by atoms with van der Waals surface area (Å²) >= 11 is 0. The molecule has 0 bridgehead atoms. The maximum atomic E-state index is 13.0. The van der Waals surface area contributed by atoms with Crippen LogP contribution in [-0.2, 0) is 65.4 Å². The molecule has 0 spiro atoms. The van der Waals surface area contributed by atoms with Crippen molar-refractivity contribution in [3.8, 4) is 0 Å². The minimum absolute atomic E-state index is 0.106. The Kier molecular flexibility index (Phi) is 56.2. The number of aliphatic hydroxyl groups is 1. The minimum Gasteiger partial charge on any atom is -0.462 e. The highest BCUT2D eigenvalue weighted by Gasteiger charge is 2.30. The van der Waals surface area contributed by atoms with Crippen LogP contribution in [0.1, 0.15) is 324 Å². The Balaban J connectivity index is 5.25. The molecular weight excluding hydrogens is 1110 g/mol. The van der Waals surface area contributed by atoms with Gasteiger partial charge in [0.25, 0.3) is 0 Å². The molecule has 0 aliphatic rings. The molecule has 0 aromatic heterocycles. The Morgan fingerprint density at radius 2 is 0.607 bits per heavy atom. The van der Waals surface area contributed by atoms with Crippen LogP contribution in [0.3, 0.4) is 0 Å². The summed E-state index contributed by atoms with van der Waals surface area (Å²) < 4.78 is 68.0. The quantitative estimate of drug-likeness (QED) is 0.0222. The second-order valence-electron chi connectivity index (χ2n) is 24.2. The summed E-state index contributed by atoms with van der Waals surface area (Å²) in [5, 5.41) is 10.5. The van der Waals surface area contributed by atoms with Crippen molar-refractivity contribution in [2.24, 2.45) is 11.8 Å². The number of carbonyl (C=O) groups excluding carboxylic acids is 4. The first-order valence-corrected chi connectivity index (χ1v) is 37.0. The summed E-state index contributed by atoms with van der Waals surface area (Å²) in [5.74, 6) is -0.674. The van der Waals surface area contributed by atoms with Gasteiger partial charge < -0.3 is 33.8 Å². The van der Waals surface area contributed by atoms with Gasteiger partial charge in [0.1, 0.15) is 19.3 Å². The van der Waals surface area contributed by atoms with Crippen LogP contribution in [0, 0.1) is 11.8 Å². The van der Waals surface area contributed by atoms with E-state index in [1.807, 2.05) is 0 Å². The van der Waals surface area contributed by atoms with Crippen molar-refractivity contribution in [2.45, 2.75) is 342 Å². The van der Waals surface area contributed by atoms with E-state index in [0.717, 1.165) is 108 Å². The fourth-order valence-electron chi connectivity index (χ4n) is 9.68.